The van der Waals surface area contributed by atoms with Crippen molar-refractivity contribution in [1.29, 1.82) is 0 Å². The van der Waals surface area contributed by atoms with Crippen LogP contribution in [0.3, 0.4) is 0 Å². The number of benzene rings is 1. The second-order valence-corrected chi connectivity index (χ2v) is 5.27. The van der Waals surface area contributed by atoms with Crippen LogP contribution in [0, 0.1) is 5.82 Å². The number of nitrogens with one attached hydrogen (secondary N) is 1. The first-order valence-electron chi connectivity index (χ1n) is 6.45. The molecule has 0 radical (unpaired) electrons. The third-order valence-electron chi connectivity index (χ3n) is 3.95. The molecule has 0 saturated heterocycles. The lowest BCUT2D eigenvalue weighted by Gasteiger charge is -2.20. The lowest BCUT2D eigenvalue weighted by atomic mass is 9.96. The smallest absolute Gasteiger partial charge is 0.193 e. The summed E-state index contributed by atoms with van der Waals surface area (Å²) in [5.74, 6) is 0.825. The number of aliphatic imine (C=N–C) groups is 1. The summed E-state index contributed by atoms with van der Waals surface area (Å²) in [4.78, 5) is 6.57. The second-order valence-electron chi connectivity index (χ2n) is 5.27. The predicted molar refractivity (Wildman–Crippen MR) is 70.2 cm³/mol. The Kier molecular flexibility index (Phi) is 2.73. The summed E-state index contributed by atoms with van der Waals surface area (Å²) < 4.78 is 12.9. The van der Waals surface area contributed by atoms with E-state index < -0.39 is 0 Å². The zero-order valence-electron chi connectivity index (χ0n) is 10.6. The zero-order chi connectivity index (χ0) is 12.6. The molecule has 2 aliphatic rings. The monoisotopic (exact) mass is 247 g/mol. The van der Waals surface area contributed by atoms with Crippen LogP contribution in [0.5, 0.6) is 0 Å². The van der Waals surface area contributed by atoms with Crippen molar-refractivity contribution in [3.05, 3.63) is 35.6 Å². The Morgan fingerprint density at radius 3 is 2.61 bits per heavy atom. The minimum Gasteiger partial charge on any atom is -0.355 e. The average molecular weight is 247 g/mol. The number of hydrogen-bond donors (Lipinski definition) is 1. The molecule has 3 rings (SSSR count). The Morgan fingerprint density at radius 1 is 1.33 bits per heavy atom. The van der Waals surface area contributed by atoms with Crippen molar-refractivity contribution in [2.75, 3.05) is 26.7 Å². The van der Waals surface area contributed by atoms with E-state index in [9.17, 15) is 4.39 Å². The van der Waals surface area contributed by atoms with Crippen molar-refractivity contribution >= 4 is 5.96 Å². The van der Waals surface area contributed by atoms with Gasteiger partial charge < -0.3 is 10.2 Å². The van der Waals surface area contributed by atoms with Crippen LogP contribution >= 0.6 is 0 Å². The van der Waals surface area contributed by atoms with Crippen LogP contribution in [0.1, 0.15) is 18.4 Å². The molecule has 0 unspecified atom stereocenters. The van der Waals surface area contributed by atoms with E-state index in [1.807, 2.05) is 12.1 Å². The Bertz CT molecular complexity index is 462. The van der Waals surface area contributed by atoms with Gasteiger partial charge in [-0.3, -0.25) is 4.99 Å². The van der Waals surface area contributed by atoms with Crippen molar-refractivity contribution in [2.24, 2.45) is 4.99 Å². The molecule has 1 heterocycles. The molecule has 96 valence electrons. The number of rotatable bonds is 3. The quantitative estimate of drug-likeness (QED) is 0.881. The molecule has 1 aliphatic carbocycles. The fourth-order valence-corrected chi connectivity index (χ4v) is 2.49. The standard InChI is InChI=1S/C14H18FN3/c1-18-9-8-16-13(18)17-10-14(6-7-14)11-2-4-12(15)5-3-11/h2-5H,6-10H2,1H3,(H,16,17). The minimum atomic E-state index is -0.164. The molecule has 1 N–H and O–H groups in total. The highest BCUT2D eigenvalue weighted by molar-refractivity contribution is 5.81. The maximum Gasteiger partial charge on any atom is 0.193 e. The second kappa shape index (κ2) is 4.26. The topological polar surface area (TPSA) is 27.6 Å². The summed E-state index contributed by atoms with van der Waals surface area (Å²) in [5, 5.41) is 3.43. The highest BCUT2D eigenvalue weighted by Gasteiger charge is 2.44. The van der Waals surface area contributed by atoms with Gasteiger partial charge in [0.1, 0.15) is 5.82 Å². The molecule has 0 aromatic heterocycles. The van der Waals surface area contributed by atoms with Gasteiger partial charge in [-0.1, -0.05) is 12.1 Å². The van der Waals surface area contributed by atoms with Crippen molar-refractivity contribution < 1.29 is 4.39 Å². The molecule has 3 nitrogen and oxygen atoms in total. The summed E-state index contributed by atoms with van der Waals surface area (Å²) in [5.41, 5.74) is 1.43. The van der Waals surface area contributed by atoms with Crippen molar-refractivity contribution in [3.63, 3.8) is 0 Å². The van der Waals surface area contributed by atoms with Gasteiger partial charge in [0.05, 0.1) is 6.54 Å². The predicted octanol–water partition coefficient (Wildman–Crippen LogP) is 1.75. The average Bonchev–Trinajstić information content (AvgIpc) is 3.05. The molecule has 1 saturated carbocycles. The van der Waals surface area contributed by atoms with Gasteiger partial charge in [-0.05, 0) is 30.5 Å². The number of guanidine groups is 1. The fraction of sp³-hybridized carbons (Fsp3) is 0.500. The number of hydrogen-bond acceptors (Lipinski definition) is 3. The Balaban J connectivity index is 1.67. The number of halogens is 1. The summed E-state index contributed by atoms with van der Waals surface area (Å²) >= 11 is 0. The lowest BCUT2D eigenvalue weighted by Crippen LogP contribution is -2.39. The van der Waals surface area contributed by atoms with E-state index in [2.05, 4.69) is 22.3 Å². The molecule has 0 amide bonds. The third kappa shape index (κ3) is 2.07. The first-order valence-corrected chi connectivity index (χ1v) is 6.45. The van der Waals surface area contributed by atoms with Gasteiger partial charge in [-0.25, -0.2) is 4.39 Å². The van der Waals surface area contributed by atoms with Crippen molar-refractivity contribution in [2.45, 2.75) is 18.3 Å². The molecule has 0 bridgehead atoms. The molecule has 1 fully saturated rings. The molecule has 0 spiro atoms. The molecule has 4 heteroatoms. The molecular formula is C14H18FN3. The molecule has 1 aromatic rings. The highest BCUT2D eigenvalue weighted by Crippen LogP contribution is 2.47. The molecule has 1 aromatic carbocycles. The van der Waals surface area contributed by atoms with Gasteiger partial charge in [0, 0.05) is 25.6 Å². The van der Waals surface area contributed by atoms with Gasteiger partial charge >= 0.3 is 0 Å². The van der Waals surface area contributed by atoms with Crippen LogP contribution in [-0.2, 0) is 5.41 Å². The Hall–Kier alpha value is -1.58. The van der Waals surface area contributed by atoms with Gasteiger partial charge in [-0.15, -0.1) is 0 Å². The van der Waals surface area contributed by atoms with E-state index in [0.717, 1.165) is 25.6 Å². The van der Waals surface area contributed by atoms with E-state index >= 15 is 0 Å². The maximum atomic E-state index is 12.9. The minimum absolute atomic E-state index is 0.164. The van der Waals surface area contributed by atoms with Crippen LogP contribution in [0.25, 0.3) is 0 Å². The van der Waals surface area contributed by atoms with Crippen LogP contribution in [0.4, 0.5) is 4.39 Å². The van der Waals surface area contributed by atoms with Crippen molar-refractivity contribution in [1.82, 2.24) is 10.2 Å². The lowest BCUT2D eigenvalue weighted by molar-refractivity contribution is 0.523. The largest absolute Gasteiger partial charge is 0.355 e. The van der Waals surface area contributed by atoms with Gasteiger partial charge in [0.2, 0.25) is 0 Å². The van der Waals surface area contributed by atoms with Crippen LogP contribution in [-0.4, -0.2) is 37.5 Å². The third-order valence-corrected chi connectivity index (χ3v) is 3.95. The van der Waals surface area contributed by atoms with Gasteiger partial charge in [0.15, 0.2) is 5.96 Å². The van der Waals surface area contributed by atoms with E-state index in [1.54, 1.807) is 12.1 Å². The number of nitrogens with zero attached hydrogens (tertiary/aromatic N) is 2. The number of likely N-dealkylation sites (N-methyl/N-ethyl adjacent to an activating group) is 1. The van der Waals surface area contributed by atoms with E-state index in [0.29, 0.717) is 0 Å². The van der Waals surface area contributed by atoms with Gasteiger partial charge in [-0.2, -0.15) is 0 Å². The van der Waals surface area contributed by atoms with Crippen LogP contribution < -0.4 is 5.32 Å². The summed E-state index contributed by atoms with van der Waals surface area (Å²) in [6.07, 6.45) is 2.34. The first kappa shape index (κ1) is 11.5. The van der Waals surface area contributed by atoms with E-state index in [-0.39, 0.29) is 11.2 Å². The molecular weight excluding hydrogens is 229 g/mol. The summed E-state index contributed by atoms with van der Waals surface area (Å²) in [7, 11) is 2.05. The zero-order valence-corrected chi connectivity index (χ0v) is 10.6. The van der Waals surface area contributed by atoms with Gasteiger partial charge in [0.25, 0.3) is 0 Å². The highest BCUT2D eigenvalue weighted by atomic mass is 19.1. The van der Waals surface area contributed by atoms with Crippen molar-refractivity contribution in [3.8, 4) is 0 Å². The molecule has 18 heavy (non-hydrogen) atoms. The first-order chi connectivity index (χ1) is 8.70. The SMILES string of the molecule is CN1CCN=C1NCC1(c2ccc(F)cc2)CC1. The van der Waals surface area contributed by atoms with E-state index in [1.165, 1.54) is 18.4 Å². The molecule has 1 aliphatic heterocycles. The normalized spacial score (nSPS) is 20.8. The maximum absolute atomic E-state index is 12.9. The Labute approximate surface area is 107 Å². The van der Waals surface area contributed by atoms with Crippen LogP contribution in [0.15, 0.2) is 29.3 Å². The Morgan fingerprint density at radius 2 is 2.06 bits per heavy atom. The summed E-state index contributed by atoms with van der Waals surface area (Å²) in [6.45, 7) is 2.76. The summed E-state index contributed by atoms with van der Waals surface area (Å²) in [6, 6.07) is 6.91. The van der Waals surface area contributed by atoms with E-state index in [4.69, 9.17) is 0 Å². The molecule has 0 atom stereocenters. The van der Waals surface area contributed by atoms with Crippen LogP contribution in [0.2, 0.25) is 0 Å². The fourth-order valence-electron chi connectivity index (χ4n) is 2.49.